The van der Waals surface area contributed by atoms with Crippen molar-refractivity contribution in [2.45, 2.75) is 13.0 Å². The number of amides is 1. The second kappa shape index (κ2) is 8.27. The van der Waals surface area contributed by atoms with Crippen molar-refractivity contribution in [2.24, 2.45) is 0 Å². The normalized spacial score (nSPS) is 11.8. The first-order valence-corrected chi connectivity index (χ1v) is 9.26. The van der Waals surface area contributed by atoms with Crippen molar-refractivity contribution < 1.29 is 14.7 Å². The van der Waals surface area contributed by atoms with Gasteiger partial charge < -0.3 is 10.1 Å². The molecule has 26 heavy (non-hydrogen) atoms. The molecule has 3 rings (SSSR count). The minimum atomic E-state index is -0.146. The van der Waals surface area contributed by atoms with Gasteiger partial charge in [0.2, 0.25) is 0 Å². The van der Waals surface area contributed by atoms with Crippen molar-refractivity contribution >= 4 is 44.5 Å². The van der Waals surface area contributed by atoms with E-state index >= 15 is 0 Å². The number of benzene rings is 2. The number of carbonyl (C=O) groups excluding carboxylic acids is 1. The van der Waals surface area contributed by atoms with Crippen LogP contribution in [0.3, 0.4) is 0 Å². The molecule has 0 aliphatic heterocycles. The summed E-state index contributed by atoms with van der Waals surface area (Å²) in [6, 6.07) is 16.7. The standard InChI is InChI=1S/C19H18N2O3S2/c1-12(11-24-15-8-6-13(7-9-15)19(25)21-23)20-18(22)17-10-14-4-2-3-5-16(14)26-17/h2-10,12,23H,11H2,1H3,(H,20,22)(H,21,25)/t12-/m1/s1. The topological polar surface area (TPSA) is 70.6 Å². The van der Waals surface area contributed by atoms with Gasteiger partial charge in [-0.2, -0.15) is 0 Å². The Labute approximate surface area is 160 Å². The summed E-state index contributed by atoms with van der Waals surface area (Å²) in [5.74, 6) is 0.564. The third-order valence-corrected chi connectivity index (χ3v) is 5.19. The van der Waals surface area contributed by atoms with Crippen LogP contribution in [0.1, 0.15) is 22.2 Å². The lowest BCUT2D eigenvalue weighted by atomic mass is 10.2. The number of fused-ring (bicyclic) bond motifs is 1. The zero-order valence-electron chi connectivity index (χ0n) is 14.1. The van der Waals surface area contributed by atoms with E-state index in [-0.39, 0.29) is 16.9 Å². The highest BCUT2D eigenvalue weighted by atomic mass is 32.1. The van der Waals surface area contributed by atoms with Gasteiger partial charge in [0.15, 0.2) is 0 Å². The predicted molar refractivity (Wildman–Crippen MR) is 107 cm³/mol. The molecular formula is C19H18N2O3S2. The largest absolute Gasteiger partial charge is 0.491 e. The molecule has 0 aliphatic carbocycles. The van der Waals surface area contributed by atoms with E-state index < -0.39 is 0 Å². The summed E-state index contributed by atoms with van der Waals surface area (Å²) in [6.45, 7) is 2.24. The highest BCUT2D eigenvalue weighted by Crippen LogP contribution is 2.25. The molecular weight excluding hydrogens is 368 g/mol. The Morgan fingerprint density at radius 2 is 1.96 bits per heavy atom. The van der Waals surface area contributed by atoms with Crippen molar-refractivity contribution in [3.63, 3.8) is 0 Å². The van der Waals surface area contributed by atoms with Gasteiger partial charge in [-0.05, 0) is 48.7 Å². The molecule has 0 spiro atoms. The molecule has 0 saturated heterocycles. The molecule has 0 aliphatic rings. The number of hydrogen-bond acceptors (Lipinski definition) is 5. The van der Waals surface area contributed by atoms with Crippen LogP contribution in [0.25, 0.3) is 10.1 Å². The lowest BCUT2D eigenvalue weighted by Crippen LogP contribution is -2.36. The number of ether oxygens (including phenoxy) is 1. The number of thiophene rings is 1. The van der Waals surface area contributed by atoms with E-state index in [1.807, 2.05) is 42.7 Å². The maximum absolute atomic E-state index is 12.4. The second-order valence-corrected chi connectivity index (χ2v) is 7.29. The lowest BCUT2D eigenvalue weighted by molar-refractivity contribution is 0.0931. The molecule has 1 amide bonds. The Kier molecular flexibility index (Phi) is 5.82. The van der Waals surface area contributed by atoms with Gasteiger partial charge in [0.05, 0.1) is 10.9 Å². The Balaban J connectivity index is 1.54. The summed E-state index contributed by atoms with van der Waals surface area (Å²) in [5, 5.41) is 12.8. The fourth-order valence-corrected chi connectivity index (χ4v) is 3.52. The molecule has 0 fully saturated rings. The molecule has 134 valence electrons. The Morgan fingerprint density at radius 3 is 2.65 bits per heavy atom. The summed E-state index contributed by atoms with van der Waals surface area (Å²) < 4.78 is 6.79. The number of hydrogen-bond donors (Lipinski definition) is 3. The average molecular weight is 386 g/mol. The highest BCUT2D eigenvalue weighted by molar-refractivity contribution is 7.80. The van der Waals surface area contributed by atoms with Crippen LogP contribution in [-0.2, 0) is 0 Å². The molecule has 1 heterocycles. The molecule has 0 saturated carbocycles. The van der Waals surface area contributed by atoms with Crippen molar-refractivity contribution in [1.82, 2.24) is 10.8 Å². The molecule has 0 radical (unpaired) electrons. The molecule has 3 aromatic rings. The minimum Gasteiger partial charge on any atom is -0.491 e. The van der Waals surface area contributed by atoms with Gasteiger partial charge >= 0.3 is 0 Å². The quantitative estimate of drug-likeness (QED) is 0.445. The van der Waals surface area contributed by atoms with Gasteiger partial charge in [0, 0.05) is 10.3 Å². The summed E-state index contributed by atoms with van der Waals surface area (Å²) in [5.41, 5.74) is 2.64. The van der Waals surface area contributed by atoms with Gasteiger partial charge in [-0.3, -0.25) is 15.5 Å². The summed E-state index contributed by atoms with van der Waals surface area (Å²) in [4.78, 5) is 13.3. The minimum absolute atomic E-state index is 0.1000. The van der Waals surface area contributed by atoms with Gasteiger partial charge in [-0.1, -0.05) is 30.4 Å². The zero-order chi connectivity index (χ0) is 18.5. The number of thiocarbonyl (C=S) groups is 1. The van der Waals surface area contributed by atoms with E-state index in [4.69, 9.17) is 22.2 Å². The average Bonchev–Trinajstić information content (AvgIpc) is 3.10. The van der Waals surface area contributed by atoms with E-state index in [0.717, 1.165) is 10.1 Å². The summed E-state index contributed by atoms with van der Waals surface area (Å²) >= 11 is 6.42. The number of carbonyl (C=O) groups is 1. The maximum Gasteiger partial charge on any atom is 0.261 e. The van der Waals surface area contributed by atoms with Crippen LogP contribution >= 0.6 is 23.6 Å². The first-order chi connectivity index (χ1) is 12.6. The molecule has 3 N–H and O–H groups in total. The SMILES string of the molecule is C[C@H](COc1ccc(C(=S)NO)cc1)NC(=O)c1cc2ccccc2s1. The van der Waals surface area contributed by atoms with Crippen LogP contribution < -0.4 is 15.5 Å². The zero-order valence-corrected chi connectivity index (χ0v) is 15.7. The molecule has 0 bridgehead atoms. The van der Waals surface area contributed by atoms with E-state index in [2.05, 4.69) is 5.32 Å². The third-order valence-electron chi connectivity index (χ3n) is 3.74. The summed E-state index contributed by atoms with van der Waals surface area (Å²) in [7, 11) is 0. The van der Waals surface area contributed by atoms with Crippen LogP contribution in [-0.4, -0.2) is 28.8 Å². The summed E-state index contributed by atoms with van der Waals surface area (Å²) in [6.07, 6.45) is 0. The van der Waals surface area contributed by atoms with E-state index in [1.54, 1.807) is 24.3 Å². The van der Waals surface area contributed by atoms with Crippen LogP contribution in [0, 0.1) is 0 Å². The van der Waals surface area contributed by atoms with Crippen LogP contribution in [0.15, 0.2) is 54.6 Å². The Hall–Kier alpha value is -2.48. The fraction of sp³-hybridized carbons (Fsp3) is 0.158. The molecule has 0 unspecified atom stereocenters. The van der Waals surface area contributed by atoms with Crippen LogP contribution in [0.4, 0.5) is 0 Å². The highest BCUT2D eigenvalue weighted by Gasteiger charge is 2.13. The van der Waals surface area contributed by atoms with Gasteiger partial charge in [-0.25, -0.2) is 0 Å². The first kappa shape index (κ1) is 18.3. The predicted octanol–water partition coefficient (Wildman–Crippen LogP) is 3.75. The lowest BCUT2D eigenvalue weighted by Gasteiger charge is -2.14. The number of nitrogens with one attached hydrogen (secondary N) is 2. The number of rotatable bonds is 6. The molecule has 2 aromatic carbocycles. The first-order valence-electron chi connectivity index (χ1n) is 8.03. The smallest absolute Gasteiger partial charge is 0.261 e. The van der Waals surface area contributed by atoms with Crippen molar-refractivity contribution in [3.05, 3.63) is 65.0 Å². The molecule has 1 aromatic heterocycles. The monoisotopic (exact) mass is 386 g/mol. The van der Waals surface area contributed by atoms with E-state index in [9.17, 15) is 4.79 Å². The Bertz CT molecular complexity index is 889. The van der Waals surface area contributed by atoms with Crippen LogP contribution in [0.2, 0.25) is 0 Å². The van der Waals surface area contributed by atoms with Gasteiger partial charge in [0.25, 0.3) is 5.91 Å². The van der Waals surface area contributed by atoms with Gasteiger partial charge in [0.1, 0.15) is 17.3 Å². The van der Waals surface area contributed by atoms with Crippen molar-refractivity contribution in [3.8, 4) is 5.75 Å². The fourth-order valence-electron chi connectivity index (χ4n) is 2.42. The van der Waals surface area contributed by atoms with E-state index in [1.165, 1.54) is 11.3 Å². The van der Waals surface area contributed by atoms with Crippen molar-refractivity contribution in [2.75, 3.05) is 6.61 Å². The molecule has 5 nitrogen and oxygen atoms in total. The maximum atomic E-state index is 12.4. The Morgan fingerprint density at radius 1 is 1.23 bits per heavy atom. The van der Waals surface area contributed by atoms with Gasteiger partial charge in [-0.15, -0.1) is 11.3 Å². The molecule has 7 heteroatoms. The van der Waals surface area contributed by atoms with Crippen molar-refractivity contribution in [1.29, 1.82) is 0 Å². The second-order valence-electron chi connectivity index (χ2n) is 5.80. The van der Waals surface area contributed by atoms with E-state index in [0.29, 0.717) is 22.8 Å². The molecule has 1 atom stereocenters. The third kappa shape index (κ3) is 4.37. The van der Waals surface area contributed by atoms with Crippen LogP contribution in [0.5, 0.6) is 5.75 Å². The number of hydroxylamine groups is 1.